The van der Waals surface area contributed by atoms with Crippen molar-refractivity contribution in [2.75, 3.05) is 0 Å². The second kappa shape index (κ2) is 4.75. The lowest BCUT2D eigenvalue weighted by Crippen LogP contribution is -2.09. The van der Waals surface area contributed by atoms with Crippen molar-refractivity contribution < 1.29 is 9.90 Å². The van der Waals surface area contributed by atoms with E-state index in [0.29, 0.717) is 12.2 Å². The number of carboxylic acid groups (broad SMARTS) is 1. The highest BCUT2D eigenvalue weighted by atomic mass is 79.9. The molecule has 0 saturated carbocycles. The van der Waals surface area contributed by atoms with Crippen LogP contribution in [0, 0.1) is 0 Å². The van der Waals surface area contributed by atoms with Crippen molar-refractivity contribution in [2.24, 2.45) is 7.05 Å². The molecule has 2 aromatic heterocycles. The van der Waals surface area contributed by atoms with Crippen molar-refractivity contribution in [2.45, 2.75) is 13.0 Å². The van der Waals surface area contributed by atoms with E-state index in [2.05, 4.69) is 21.0 Å². The second-order valence-electron chi connectivity index (χ2n) is 3.81. The van der Waals surface area contributed by atoms with E-state index in [4.69, 9.17) is 5.11 Å². The van der Waals surface area contributed by atoms with Crippen molar-refractivity contribution in [3.05, 3.63) is 40.4 Å². The first kappa shape index (κ1) is 11.9. The number of aromatic carboxylic acids is 1. The fourth-order valence-electron chi connectivity index (χ4n) is 1.69. The Bertz CT molecular complexity index is 545. The Balaban J connectivity index is 2.11. The molecule has 5 nitrogen and oxygen atoms in total. The number of halogens is 1. The first-order valence-corrected chi connectivity index (χ1v) is 5.92. The van der Waals surface area contributed by atoms with Gasteiger partial charge >= 0.3 is 5.97 Å². The van der Waals surface area contributed by atoms with E-state index in [-0.39, 0.29) is 0 Å². The first-order chi connectivity index (χ1) is 8.06. The predicted octanol–water partition coefficient (Wildman–Crippen LogP) is 1.93. The SMILES string of the molecule is Cn1cc(CCn2cc(Br)cc2C(=O)O)cn1. The minimum absolute atomic E-state index is 0.292. The second-order valence-corrected chi connectivity index (χ2v) is 4.73. The summed E-state index contributed by atoms with van der Waals surface area (Å²) in [7, 11) is 1.86. The highest BCUT2D eigenvalue weighted by molar-refractivity contribution is 9.10. The number of rotatable bonds is 4. The molecular formula is C11H12BrN3O2. The third-order valence-corrected chi connectivity index (χ3v) is 2.92. The Morgan fingerprint density at radius 3 is 2.88 bits per heavy atom. The molecule has 6 heteroatoms. The molecule has 0 aliphatic carbocycles. The molecule has 0 spiro atoms. The smallest absolute Gasteiger partial charge is 0.352 e. The summed E-state index contributed by atoms with van der Waals surface area (Å²) in [6.45, 7) is 0.624. The molecule has 0 amide bonds. The number of aryl methyl sites for hydroxylation is 3. The molecular weight excluding hydrogens is 286 g/mol. The average Bonchev–Trinajstić information content (AvgIpc) is 2.82. The fourth-order valence-corrected chi connectivity index (χ4v) is 2.15. The summed E-state index contributed by atoms with van der Waals surface area (Å²) in [5.74, 6) is -0.915. The molecule has 0 unspecified atom stereocenters. The maximum Gasteiger partial charge on any atom is 0.352 e. The monoisotopic (exact) mass is 297 g/mol. The minimum atomic E-state index is -0.915. The van der Waals surface area contributed by atoms with Crippen LogP contribution in [0.15, 0.2) is 29.1 Å². The average molecular weight is 298 g/mol. The van der Waals surface area contributed by atoms with E-state index in [1.165, 1.54) is 0 Å². The van der Waals surface area contributed by atoms with Gasteiger partial charge in [-0.25, -0.2) is 4.79 Å². The van der Waals surface area contributed by atoms with Gasteiger partial charge in [0.25, 0.3) is 0 Å². The van der Waals surface area contributed by atoms with Crippen molar-refractivity contribution >= 4 is 21.9 Å². The van der Waals surface area contributed by atoms with Crippen molar-refractivity contribution in [3.63, 3.8) is 0 Å². The van der Waals surface area contributed by atoms with Crippen molar-refractivity contribution in [3.8, 4) is 0 Å². The first-order valence-electron chi connectivity index (χ1n) is 5.13. The van der Waals surface area contributed by atoms with E-state index in [0.717, 1.165) is 16.5 Å². The van der Waals surface area contributed by atoms with Crippen LogP contribution >= 0.6 is 15.9 Å². The van der Waals surface area contributed by atoms with Crippen LogP contribution in [0.4, 0.5) is 0 Å². The summed E-state index contributed by atoms with van der Waals surface area (Å²) in [5.41, 5.74) is 1.38. The Morgan fingerprint density at radius 1 is 1.53 bits per heavy atom. The Labute approximate surface area is 107 Å². The van der Waals surface area contributed by atoms with Crippen LogP contribution in [0.3, 0.4) is 0 Å². The topological polar surface area (TPSA) is 60.0 Å². The maximum absolute atomic E-state index is 11.0. The van der Waals surface area contributed by atoms with Crippen LogP contribution in [-0.2, 0) is 20.0 Å². The van der Waals surface area contributed by atoms with E-state index in [1.807, 2.05) is 13.2 Å². The molecule has 0 radical (unpaired) electrons. The molecule has 1 N–H and O–H groups in total. The lowest BCUT2D eigenvalue weighted by Gasteiger charge is -2.04. The van der Waals surface area contributed by atoms with Crippen LogP contribution < -0.4 is 0 Å². The maximum atomic E-state index is 11.0. The molecule has 0 aromatic carbocycles. The molecule has 2 rings (SSSR count). The van der Waals surface area contributed by atoms with Gasteiger partial charge in [0.1, 0.15) is 5.69 Å². The summed E-state index contributed by atoms with van der Waals surface area (Å²) in [4.78, 5) is 11.0. The zero-order valence-electron chi connectivity index (χ0n) is 9.30. The zero-order chi connectivity index (χ0) is 12.4. The standard InChI is InChI=1S/C11H12BrN3O2/c1-14-6-8(5-13-14)2-3-15-7-9(12)4-10(15)11(16)17/h4-7H,2-3H2,1H3,(H,16,17). The van der Waals surface area contributed by atoms with Gasteiger partial charge in [-0.1, -0.05) is 0 Å². The molecule has 2 heterocycles. The lowest BCUT2D eigenvalue weighted by molar-refractivity contribution is 0.0685. The Kier molecular flexibility index (Phi) is 3.33. The van der Waals surface area contributed by atoms with Crippen molar-refractivity contribution in [1.29, 1.82) is 0 Å². The third-order valence-electron chi connectivity index (χ3n) is 2.48. The Hall–Kier alpha value is -1.56. The van der Waals surface area contributed by atoms with Crippen LogP contribution in [0.5, 0.6) is 0 Å². The van der Waals surface area contributed by atoms with Gasteiger partial charge < -0.3 is 9.67 Å². The molecule has 0 aliphatic heterocycles. The van der Waals surface area contributed by atoms with Crippen LogP contribution in [0.2, 0.25) is 0 Å². The molecule has 0 fully saturated rings. The number of aromatic nitrogens is 3. The van der Waals surface area contributed by atoms with Gasteiger partial charge in [0, 0.05) is 30.5 Å². The molecule has 0 bridgehead atoms. The molecule has 90 valence electrons. The van der Waals surface area contributed by atoms with Gasteiger partial charge in [0.05, 0.1) is 6.20 Å². The minimum Gasteiger partial charge on any atom is -0.477 e. The molecule has 2 aromatic rings. The summed E-state index contributed by atoms with van der Waals surface area (Å²) < 4.78 is 4.24. The predicted molar refractivity (Wildman–Crippen MR) is 66.0 cm³/mol. The van der Waals surface area contributed by atoms with Gasteiger partial charge in [-0.05, 0) is 34.0 Å². The summed E-state index contributed by atoms with van der Waals surface area (Å²) in [6, 6.07) is 1.60. The van der Waals surface area contributed by atoms with Gasteiger partial charge in [-0.3, -0.25) is 4.68 Å². The summed E-state index contributed by atoms with van der Waals surface area (Å²) in [6.07, 6.45) is 6.26. The highest BCUT2D eigenvalue weighted by Gasteiger charge is 2.11. The number of hydrogen-bond donors (Lipinski definition) is 1. The van der Waals surface area contributed by atoms with Crippen LogP contribution in [0.1, 0.15) is 16.1 Å². The lowest BCUT2D eigenvalue weighted by atomic mass is 10.2. The van der Waals surface area contributed by atoms with Crippen molar-refractivity contribution in [1.82, 2.24) is 14.3 Å². The molecule has 0 atom stereocenters. The van der Waals surface area contributed by atoms with E-state index in [1.54, 1.807) is 27.7 Å². The van der Waals surface area contributed by atoms with E-state index in [9.17, 15) is 4.79 Å². The number of hydrogen-bond acceptors (Lipinski definition) is 2. The van der Waals surface area contributed by atoms with E-state index < -0.39 is 5.97 Å². The quantitative estimate of drug-likeness (QED) is 0.938. The molecule has 0 aliphatic rings. The molecule has 17 heavy (non-hydrogen) atoms. The van der Waals surface area contributed by atoms with Crippen LogP contribution in [-0.4, -0.2) is 25.4 Å². The largest absolute Gasteiger partial charge is 0.477 e. The van der Waals surface area contributed by atoms with Gasteiger partial charge in [0.2, 0.25) is 0 Å². The van der Waals surface area contributed by atoms with Crippen LogP contribution in [0.25, 0.3) is 0 Å². The van der Waals surface area contributed by atoms with Gasteiger partial charge in [0.15, 0.2) is 0 Å². The zero-order valence-corrected chi connectivity index (χ0v) is 10.9. The number of carboxylic acids is 1. The highest BCUT2D eigenvalue weighted by Crippen LogP contribution is 2.15. The summed E-state index contributed by atoms with van der Waals surface area (Å²) >= 11 is 3.28. The normalized spacial score (nSPS) is 10.7. The number of carbonyl (C=O) groups is 1. The third kappa shape index (κ3) is 2.76. The number of nitrogens with zero attached hydrogens (tertiary/aromatic N) is 3. The summed E-state index contributed by atoms with van der Waals surface area (Å²) in [5, 5.41) is 13.1. The van der Waals surface area contributed by atoms with E-state index >= 15 is 0 Å². The van der Waals surface area contributed by atoms with Gasteiger partial charge in [-0.15, -0.1) is 0 Å². The fraction of sp³-hybridized carbons (Fsp3) is 0.273. The molecule has 0 saturated heterocycles. The Morgan fingerprint density at radius 2 is 2.29 bits per heavy atom. The van der Waals surface area contributed by atoms with Gasteiger partial charge in [-0.2, -0.15) is 5.10 Å².